The number of nitrogens with zero attached hydrogens (tertiary/aromatic N) is 1. The van der Waals surface area contributed by atoms with Gasteiger partial charge in [0, 0.05) is 5.69 Å². The minimum absolute atomic E-state index is 0.305. The molecule has 0 atom stereocenters. The van der Waals surface area contributed by atoms with Gasteiger partial charge in [-0.15, -0.1) is 11.3 Å². The third-order valence-corrected chi connectivity index (χ3v) is 3.48. The van der Waals surface area contributed by atoms with Crippen LogP contribution in [0, 0.1) is 0 Å². The maximum atomic E-state index is 11.5. The topological polar surface area (TPSA) is 51.2 Å². The summed E-state index contributed by atoms with van der Waals surface area (Å²) in [5, 5.41) is 4.13. The van der Waals surface area contributed by atoms with Crippen LogP contribution in [0.15, 0.2) is 30.5 Å². The molecular formula is C13H13ClN2O2S. The molecule has 1 aromatic carbocycles. The first-order chi connectivity index (χ1) is 9.19. The van der Waals surface area contributed by atoms with Gasteiger partial charge in [-0.2, -0.15) is 0 Å². The second kappa shape index (κ2) is 6.54. The van der Waals surface area contributed by atoms with Gasteiger partial charge in [0.1, 0.15) is 9.34 Å². The summed E-state index contributed by atoms with van der Waals surface area (Å²) in [4.78, 5) is 15.6. The van der Waals surface area contributed by atoms with Gasteiger partial charge in [0.25, 0.3) is 0 Å². The van der Waals surface area contributed by atoms with Gasteiger partial charge in [-0.25, -0.2) is 9.78 Å². The van der Waals surface area contributed by atoms with Crippen LogP contribution in [0.4, 0.5) is 5.69 Å². The lowest BCUT2D eigenvalue weighted by molar-refractivity contribution is 0.0526. The predicted octanol–water partition coefficient (Wildman–Crippen LogP) is 3.59. The summed E-state index contributed by atoms with van der Waals surface area (Å²) >= 11 is 7.24. The first-order valence-corrected chi connectivity index (χ1v) is 6.99. The number of esters is 1. The number of rotatable bonds is 5. The predicted molar refractivity (Wildman–Crippen MR) is 76.8 cm³/mol. The van der Waals surface area contributed by atoms with Gasteiger partial charge in [0.15, 0.2) is 0 Å². The molecule has 0 aliphatic heterocycles. The second-order valence-corrected chi connectivity index (χ2v) is 5.46. The van der Waals surface area contributed by atoms with E-state index >= 15 is 0 Å². The largest absolute Gasteiger partial charge is 0.462 e. The molecule has 0 bridgehead atoms. The number of hydrogen-bond donors (Lipinski definition) is 1. The normalized spacial score (nSPS) is 10.2. The zero-order valence-corrected chi connectivity index (χ0v) is 11.9. The summed E-state index contributed by atoms with van der Waals surface area (Å²) in [5.41, 5.74) is 1.46. The Morgan fingerprint density at radius 3 is 2.74 bits per heavy atom. The lowest BCUT2D eigenvalue weighted by atomic mass is 10.2. The quantitative estimate of drug-likeness (QED) is 0.857. The van der Waals surface area contributed by atoms with E-state index < -0.39 is 0 Å². The van der Waals surface area contributed by atoms with Crippen molar-refractivity contribution in [2.24, 2.45) is 0 Å². The summed E-state index contributed by atoms with van der Waals surface area (Å²) in [6.45, 7) is 2.77. The van der Waals surface area contributed by atoms with E-state index in [1.807, 2.05) is 12.1 Å². The number of nitrogens with one attached hydrogen (secondary N) is 1. The van der Waals surface area contributed by atoms with Crippen LogP contribution >= 0.6 is 22.9 Å². The third-order valence-electron chi connectivity index (χ3n) is 2.37. The molecule has 2 aromatic rings. The fourth-order valence-electron chi connectivity index (χ4n) is 1.49. The van der Waals surface area contributed by atoms with Crippen molar-refractivity contribution in [1.29, 1.82) is 0 Å². The van der Waals surface area contributed by atoms with E-state index in [9.17, 15) is 4.79 Å². The SMILES string of the molecule is CCOC(=O)c1ccc(NCc2ncc(Cl)s2)cc1. The Morgan fingerprint density at radius 2 is 2.16 bits per heavy atom. The zero-order valence-electron chi connectivity index (χ0n) is 10.4. The maximum Gasteiger partial charge on any atom is 0.338 e. The van der Waals surface area contributed by atoms with Gasteiger partial charge in [-0.3, -0.25) is 0 Å². The highest BCUT2D eigenvalue weighted by Gasteiger charge is 2.05. The van der Waals surface area contributed by atoms with Gasteiger partial charge < -0.3 is 10.1 Å². The van der Waals surface area contributed by atoms with Gasteiger partial charge in [0.2, 0.25) is 0 Å². The molecule has 0 aliphatic carbocycles. The van der Waals surface area contributed by atoms with Crippen molar-refractivity contribution in [3.63, 3.8) is 0 Å². The highest BCUT2D eigenvalue weighted by atomic mass is 35.5. The molecule has 0 spiro atoms. The minimum atomic E-state index is -0.305. The fourth-order valence-corrected chi connectivity index (χ4v) is 2.38. The van der Waals surface area contributed by atoms with Crippen LogP contribution in [0.5, 0.6) is 0 Å². The molecule has 0 radical (unpaired) electrons. The first-order valence-electron chi connectivity index (χ1n) is 5.80. The van der Waals surface area contributed by atoms with Gasteiger partial charge in [0.05, 0.1) is 24.9 Å². The van der Waals surface area contributed by atoms with Crippen LogP contribution in [-0.4, -0.2) is 17.6 Å². The van der Waals surface area contributed by atoms with E-state index in [-0.39, 0.29) is 5.97 Å². The number of carbonyl (C=O) groups is 1. The molecule has 2 rings (SSSR count). The lowest BCUT2D eigenvalue weighted by Gasteiger charge is -2.05. The Bertz CT molecular complexity index is 554. The smallest absolute Gasteiger partial charge is 0.338 e. The molecular weight excluding hydrogens is 284 g/mol. The summed E-state index contributed by atoms with van der Waals surface area (Å²) in [6.07, 6.45) is 1.63. The maximum absolute atomic E-state index is 11.5. The number of halogens is 1. The Morgan fingerprint density at radius 1 is 1.42 bits per heavy atom. The van der Waals surface area contributed by atoms with Crippen LogP contribution in [0.2, 0.25) is 4.34 Å². The van der Waals surface area contributed by atoms with Crippen molar-refractivity contribution >= 4 is 34.6 Å². The highest BCUT2D eigenvalue weighted by Crippen LogP contribution is 2.19. The van der Waals surface area contributed by atoms with Crippen LogP contribution in [0.25, 0.3) is 0 Å². The molecule has 1 heterocycles. The van der Waals surface area contributed by atoms with E-state index in [1.165, 1.54) is 11.3 Å². The Labute approximate surface area is 120 Å². The molecule has 0 fully saturated rings. The van der Waals surface area contributed by atoms with Gasteiger partial charge in [-0.1, -0.05) is 11.6 Å². The molecule has 0 unspecified atom stereocenters. The third kappa shape index (κ3) is 3.94. The first kappa shape index (κ1) is 13.8. The molecule has 1 N–H and O–H groups in total. The van der Waals surface area contributed by atoms with Crippen molar-refractivity contribution in [1.82, 2.24) is 4.98 Å². The number of thiazole rings is 1. The number of anilines is 1. The van der Waals surface area contributed by atoms with Crippen LogP contribution < -0.4 is 5.32 Å². The van der Waals surface area contributed by atoms with Crippen molar-refractivity contribution in [3.8, 4) is 0 Å². The van der Waals surface area contributed by atoms with E-state index in [0.717, 1.165) is 10.7 Å². The van der Waals surface area contributed by atoms with Crippen LogP contribution in [0.3, 0.4) is 0 Å². The second-order valence-electron chi connectivity index (χ2n) is 3.71. The molecule has 0 amide bonds. The summed E-state index contributed by atoms with van der Waals surface area (Å²) in [7, 11) is 0. The minimum Gasteiger partial charge on any atom is -0.462 e. The number of aromatic nitrogens is 1. The average Bonchev–Trinajstić information content (AvgIpc) is 2.83. The van der Waals surface area contributed by atoms with Crippen molar-refractivity contribution < 1.29 is 9.53 Å². The molecule has 4 nitrogen and oxygen atoms in total. The molecule has 0 saturated carbocycles. The Hall–Kier alpha value is -1.59. The molecule has 1 aromatic heterocycles. The van der Waals surface area contributed by atoms with Gasteiger partial charge in [-0.05, 0) is 31.2 Å². The number of hydrogen-bond acceptors (Lipinski definition) is 5. The summed E-state index contributed by atoms with van der Waals surface area (Å²) in [6, 6.07) is 7.13. The van der Waals surface area contributed by atoms with Crippen LogP contribution in [0.1, 0.15) is 22.3 Å². The number of benzene rings is 1. The fraction of sp³-hybridized carbons (Fsp3) is 0.231. The summed E-state index contributed by atoms with van der Waals surface area (Å²) < 4.78 is 5.59. The number of carbonyl (C=O) groups excluding carboxylic acids is 1. The van der Waals surface area contributed by atoms with E-state index in [0.29, 0.717) is 23.1 Å². The molecule has 0 aliphatic rings. The monoisotopic (exact) mass is 296 g/mol. The molecule has 19 heavy (non-hydrogen) atoms. The van der Waals surface area contributed by atoms with E-state index in [1.54, 1.807) is 25.3 Å². The Kier molecular flexibility index (Phi) is 4.76. The summed E-state index contributed by atoms with van der Waals surface area (Å²) in [5.74, 6) is -0.305. The van der Waals surface area contributed by atoms with Crippen molar-refractivity contribution in [2.75, 3.05) is 11.9 Å². The number of ether oxygens (including phenoxy) is 1. The van der Waals surface area contributed by atoms with Crippen LogP contribution in [-0.2, 0) is 11.3 Å². The zero-order chi connectivity index (χ0) is 13.7. The molecule has 100 valence electrons. The van der Waals surface area contributed by atoms with Crippen molar-refractivity contribution in [3.05, 3.63) is 45.4 Å². The van der Waals surface area contributed by atoms with E-state index in [2.05, 4.69) is 10.3 Å². The molecule has 6 heteroatoms. The highest BCUT2D eigenvalue weighted by molar-refractivity contribution is 7.15. The Balaban J connectivity index is 1.93. The van der Waals surface area contributed by atoms with Gasteiger partial charge >= 0.3 is 5.97 Å². The lowest BCUT2D eigenvalue weighted by Crippen LogP contribution is -2.05. The van der Waals surface area contributed by atoms with Crippen molar-refractivity contribution in [2.45, 2.75) is 13.5 Å². The average molecular weight is 297 g/mol. The molecule has 0 saturated heterocycles. The standard InChI is InChI=1S/C13H13ClN2O2S/c1-2-18-13(17)9-3-5-10(6-4-9)15-8-12-16-7-11(14)19-12/h3-7,15H,2,8H2,1H3. The van der Waals surface area contributed by atoms with E-state index in [4.69, 9.17) is 16.3 Å².